The minimum Gasteiger partial charge on any atom is -0.485 e. The van der Waals surface area contributed by atoms with Gasteiger partial charge in [-0.2, -0.15) is 0 Å². The first-order valence-corrected chi connectivity index (χ1v) is 12.0. The molecule has 0 saturated carbocycles. The third-order valence-electron chi connectivity index (χ3n) is 6.03. The summed E-state index contributed by atoms with van der Waals surface area (Å²) in [6.45, 7) is 5.28. The van der Waals surface area contributed by atoms with Crippen molar-refractivity contribution < 1.29 is 33.4 Å². The van der Waals surface area contributed by atoms with E-state index in [-0.39, 0.29) is 12.3 Å². The van der Waals surface area contributed by atoms with Gasteiger partial charge in [-0.3, -0.25) is 14.5 Å². The van der Waals surface area contributed by atoms with Gasteiger partial charge in [0.05, 0.1) is 13.2 Å². The Morgan fingerprint density at radius 1 is 1.17 bits per heavy atom. The quantitative estimate of drug-likeness (QED) is 0.343. The zero-order chi connectivity index (χ0) is 25.3. The summed E-state index contributed by atoms with van der Waals surface area (Å²) in [5, 5.41) is 11.9. The largest absolute Gasteiger partial charge is 0.485 e. The van der Waals surface area contributed by atoms with Gasteiger partial charge in [0, 0.05) is 55.5 Å². The highest BCUT2D eigenvalue weighted by molar-refractivity contribution is 5.99. The molecule has 0 atom stereocenters. The lowest BCUT2D eigenvalue weighted by Gasteiger charge is -2.26. The van der Waals surface area contributed by atoms with Gasteiger partial charge in [0.25, 0.3) is 5.91 Å². The first kappa shape index (κ1) is 25.4. The van der Waals surface area contributed by atoms with Crippen molar-refractivity contribution in [3.05, 3.63) is 64.9 Å². The van der Waals surface area contributed by atoms with Gasteiger partial charge in [-0.1, -0.05) is 18.2 Å². The molecule has 1 aromatic heterocycles. The van der Waals surface area contributed by atoms with Crippen LogP contribution in [0, 0.1) is 0 Å². The first-order valence-electron chi connectivity index (χ1n) is 12.0. The van der Waals surface area contributed by atoms with Crippen molar-refractivity contribution in [2.75, 3.05) is 26.3 Å². The standard InChI is InChI=1S/C22H22N2O4.C5H8O3/c25-22-18-2-1-3-20(19(18)12-23-22)27-14-17-11-16-5-4-15(10-21(16)28-17)13-24-6-8-26-9-7-24;6-4-2-1-3-5(7)8/h1-5,10-11H,6-9,12-14H2,(H,23,25);4H,1-3H2,(H,7,8). The average Bonchev–Trinajstić information content (AvgIpc) is 3.47. The molecular weight excluding hydrogens is 464 g/mol. The topological polar surface area (TPSA) is 118 Å². The molecule has 1 amide bonds. The normalized spacial score (nSPS) is 15.1. The van der Waals surface area contributed by atoms with Gasteiger partial charge in [-0.25, -0.2) is 0 Å². The Morgan fingerprint density at radius 2 is 2.00 bits per heavy atom. The molecule has 2 aromatic carbocycles. The van der Waals surface area contributed by atoms with Gasteiger partial charge < -0.3 is 29.1 Å². The molecule has 0 radical (unpaired) electrons. The summed E-state index contributed by atoms with van der Waals surface area (Å²) < 4.78 is 17.4. The van der Waals surface area contributed by atoms with E-state index in [1.165, 1.54) is 5.56 Å². The molecule has 0 bridgehead atoms. The Kier molecular flexibility index (Phi) is 8.70. The number of hydrogen-bond acceptors (Lipinski definition) is 7. The van der Waals surface area contributed by atoms with E-state index in [4.69, 9.17) is 19.0 Å². The van der Waals surface area contributed by atoms with Crippen LogP contribution in [0.15, 0.2) is 46.9 Å². The van der Waals surface area contributed by atoms with Crippen molar-refractivity contribution in [1.82, 2.24) is 10.2 Å². The van der Waals surface area contributed by atoms with Crippen LogP contribution in [-0.4, -0.2) is 54.5 Å². The molecule has 9 heteroatoms. The Morgan fingerprint density at radius 3 is 2.78 bits per heavy atom. The van der Waals surface area contributed by atoms with Crippen molar-refractivity contribution in [2.45, 2.75) is 39.0 Å². The molecular formula is C27H30N2O7. The van der Waals surface area contributed by atoms with Gasteiger partial charge in [0.15, 0.2) is 0 Å². The molecule has 2 aliphatic rings. The lowest BCUT2D eigenvalue weighted by Crippen LogP contribution is -2.35. The Balaban J connectivity index is 0.000000331. The van der Waals surface area contributed by atoms with E-state index in [1.54, 1.807) is 0 Å². The minimum atomic E-state index is -0.841. The maximum atomic E-state index is 11.8. The summed E-state index contributed by atoms with van der Waals surface area (Å²) in [5.74, 6) is 0.613. The number of hydrogen-bond donors (Lipinski definition) is 2. The fourth-order valence-electron chi connectivity index (χ4n) is 4.16. The number of amides is 1. The fraction of sp³-hybridized carbons (Fsp3) is 0.370. The number of carbonyl (C=O) groups excluding carboxylic acids is 2. The summed E-state index contributed by atoms with van der Waals surface area (Å²) in [6, 6.07) is 13.9. The van der Waals surface area contributed by atoms with Gasteiger partial charge in [0.1, 0.15) is 30.0 Å². The number of rotatable bonds is 9. The number of ether oxygens (including phenoxy) is 2. The Hall–Kier alpha value is -3.69. The number of carboxylic acids is 1. The number of morpholine rings is 1. The molecule has 2 N–H and O–H groups in total. The molecule has 3 aromatic rings. The summed E-state index contributed by atoms with van der Waals surface area (Å²) in [4.78, 5) is 33.5. The van der Waals surface area contributed by atoms with Crippen LogP contribution in [0.3, 0.4) is 0 Å². The third-order valence-corrected chi connectivity index (χ3v) is 6.03. The van der Waals surface area contributed by atoms with Crippen LogP contribution in [0.5, 0.6) is 5.75 Å². The van der Waals surface area contributed by atoms with E-state index < -0.39 is 5.97 Å². The average molecular weight is 495 g/mol. The third kappa shape index (κ3) is 6.71. The van der Waals surface area contributed by atoms with Crippen molar-refractivity contribution >= 4 is 29.1 Å². The molecule has 1 saturated heterocycles. The van der Waals surface area contributed by atoms with Crippen molar-refractivity contribution in [2.24, 2.45) is 0 Å². The summed E-state index contributed by atoms with van der Waals surface area (Å²) in [6.07, 6.45) is 1.63. The molecule has 9 nitrogen and oxygen atoms in total. The second-order valence-electron chi connectivity index (χ2n) is 8.68. The van der Waals surface area contributed by atoms with Crippen molar-refractivity contribution in [3.8, 4) is 5.75 Å². The maximum Gasteiger partial charge on any atom is 0.303 e. The number of aldehydes is 1. The molecule has 1 fully saturated rings. The summed E-state index contributed by atoms with van der Waals surface area (Å²) >= 11 is 0. The molecule has 0 aliphatic carbocycles. The number of aliphatic carboxylic acids is 1. The predicted molar refractivity (Wildman–Crippen MR) is 132 cm³/mol. The second kappa shape index (κ2) is 12.3. The van der Waals surface area contributed by atoms with E-state index in [0.717, 1.165) is 67.2 Å². The highest BCUT2D eigenvalue weighted by Gasteiger charge is 2.22. The molecule has 190 valence electrons. The zero-order valence-corrected chi connectivity index (χ0v) is 20.0. The highest BCUT2D eigenvalue weighted by atomic mass is 16.5. The zero-order valence-electron chi connectivity index (χ0n) is 20.0. The van der Waals surface area contributed by atoms with E-state index in [1.807, 2.05) is 24.3 Å². The minimum absolute atomic E-state index is 0.0445. The number of unbranched alkanes of at least 4 members (excludes halogenated alkanes) is 1. The number of nitrogens with zero attached hydrogens (tertiary/aromatic N) is 1. The van der Waals surface area contributed by atoms with Crippen LogP contribution < -0.4 is 10.1 Å². The van der Waals surface area contributed by atoms with Gasteiger partial charge in [-0.15, -0.1) is 0 Å². The van der Waals surface area contributed by atoms with Crippen molar-refractivity contribution in [3.63, 3.8) is 0 Å². The molecule has 36 heavy (non-hydrogen) atoms. The second-order valence-corrected chi connectivity index (χ2v) is 8.68. The number of furan rings is 1. The van der Waals surface area contributed by atoms with E-state index in [2.05, 4.69) is 28.4 Å². The van der Waals surface area contributed by atoms with E-state index in [0.29, 0.717) is 31.6 Å². The van der Waals surface area contributed by atoms with Gasteiger partial charge in [0.2, 0.25) is 0 Å². The Labute approximate surface area is 209 Å². The highest BCUT2D eigenvalue weighted by Crippen LogP contribution is 2.28. The number of carbonyl (C=O) groups is 3. The molecule has 0 spiro atoms. The van der Waals surface area contributed by atoms with Gasteiger partial charge in [-0.05, 0) is 36.2 Å². The number of carboxylic acid groups (broad SMARTS) is 1. The molecule has 0 unspecified atom stereocenters. The van der Waals surface area contributed by atoms with Crippen molar-refractivity contribution in [1.29, 1.82) is 0 Å². The van der Waals surface area contributed by atoms with Crippen LogP contribution >= 0.6 is 0 Å². The Bertz CT molecular complexity index is 1210. The van der Waals surface area contributed by atoms with Crippen LogP contribution in [-0.2, 0) is 34.0 Å². The molecule has 3 heterocycles. The predicted octanol–water partition coefficient (Wildman–Crippen LogP) is 3.53. The SMILES string of the molecule is O=C1NCc2c(OCc3cc4ccc(CN5CCOCC5)cc4o3)cccc21.O=CCCCC(=O)O. The fourth-order valence-corrected chi connectivity index (χ4v) is 4.16. The van der Waals surface area contributed by atoms with Crippen LogP contribution in [0.2, 0.25) is 0 Å². The van der Waals surface area contributed by atoms with Gasteiger partial charge >= 0.3 is 5.97 Å². The number of nitrogens with one attached hydrogen (secondary N) is 1. The molecule has 5 rings (SSSR count). The first-order chi connectivity index (χ1) is 17.5. The van der Waals surface area contributed by atoms with E-state index >= 15 is 0 Å². The lowest BCUT2D eigenvalue weighted by molar-refractivity contribution is -0.137. The van der Waals surface area contributed by atoms with Crippen LogP contribution in [0.25, 0.3) is 11.0 Å². The van der Waals surface area contributed by atoms with Crippen LogP contribution in [0.4, 0.5) is 0 Å². The smallest absolute Gasteiger partial charge is 0.303 e. The molecule has 2 aliphatic heterocycles. The summed E-state index contributed by atoms with van der Waals surface area (Å²) in [7, 11) is 0. The number of fused-ring (bicyclic) bond motifs is 2. The maximum absolute atomic E-state index is 11.8. The lowest BCUT2D eigenvalue weighted by atomic mass is 10.1. The summed E-state index contributed by atoms with van der Waals surface area (Å²) in [5.41, 5.74) is 3.72. The van der Waals surface area contributed by atoms with Crippen LogP contribution in [0.1, 0.15) is 46.5 Å². The number of benzene rings is 2. The van der Waals surface area contributed by atoms with E-state index in [9.17, 15) is 14.4 Å². The monoisotopic (exact) mass is 494 g/mol.